The number of nitrogens with zero attached hydrogens (tertiary/aromatic N) is 2. The van der Waals surface area contributed by atoms with Crippen LogP contribution in [0, 0.1) is 0 Å². The minimum Gasteiger partial charge on any atom is -0.339 e. The second-order valence-corrected chi connectivity index (χ2v) is 4.08. The van der Waals surface area contributed by atoms with E-state index < -0.39 is 0 Å². The topological polar surface area (TPSA) is 54.9 Å². The van der Waals surface area contributed by atoms with E-state index in [-0.39, 0.29) is 10.7 Å². The van der Waals surface area contributed by atoms with E-state index in [1.807, 2.05) is 24.3 Å². The average Bonchev–Trinajstić information content (AvgIpc) is 2.39. The molecule has 1 heterocycles. The van der Waals surface area contributed by atoms with Gasteiger partial charge in [-0.3, -0.25) is 4.79 Å². The van der Waals surface area contributed by atoms with Crippen LogP contribution in [-0.4, -0.2) is 16.3 Å². The number of aryl methyl sites for hydroxylation is 1. The van der Waals surface area contributed by atoms with Gasteiger partial charge in [0.15, 0.2) is 6.29 Å². The van der Waals surface area contributed by atoms with Crippen LogP contribution in [0.5, 0.6) is 0 Å². The van der Waals surface area contributed by atoms with Gasteiger partial charge in [-0.1, -0.05) is 30.7 Å². The number of nitrogens with one attached hydrogen (secondary N) is 1. The molecule has 0 spiro atoms. The van der Waals surface area contributed by atoms with Crippen LogP contribution in [0.3, 0.4) is 0 Å². The van der Waals surface area contributed by atoms with Gasteiger partial charge in [0.25, 0.3) is 0 Å². The SMILES string of the molecule is CCc1cccc(Nc2ncnc(Cl)c2C=O)c1. The van der Waals surface area contributed by atoms with Gasteiger partial charge in [-0.2, -0.15) is 0 Å². The van der Waals surface area contributed by atoms with E-state index in [4.69, 9.17) is 11.6 Å². The van der Waals surface area contributed by atoms with Crippen LogP contribution in [0.4, 0.5) is 11.5 Å². The Morgan fingerprint density at radius 3 is 2.94 bits per heavy atom. The van der Waals surface area contributed by atoms with Crippen molar-refractivity contribution in [3.8, 4) is 0 Å². The summed E-state index contributed by atoms with van der Waals surface area (Å²) < 4.78 is 0. The highest BCUT2D eigenvalue weighted by molar-refractivity contribution is 6.32. The average molecular weight is 262 g/mol. The van der Waals surface area contributed by atoms with Crippen molar-refractivity contribution >= 4 is 29.4 Å². The summed E-state index contributed by atoms with van der Waals surface area (Å²) in [7, 11) is 0. The van der Waals surface area contributed by atoms with Gasteiger partial charge in [0.1, 0.15) is 17.3 Å². The highest BCUT2D eigenvalue weighted by atomic mass is 35.5. The van der Waals surface area contributed by atoms with Gasteiger partial charge in [0, 0.05) is 5.69 Å². The molecule has 0 unspecified atom stereocenters. The van der Waals surface area contributed by atoms with Crippen molar-refractivity contribution in [2.75, 3.05) is 5.32 Å². The van der Waals surface area contributed by atoms with Crippen LogP contribution in [0.1, 0.15) is 22.8 Å². The molecule has 0 saturated carbocycles. The van der Waals surface area contributed by atoms with Gasteiger partial charge in [0.2, 0.25) is 0 Å². The van der Waals surface area contributed by atoms with E-state index in [1.54, 1.807) is 0 Å². The molecule has 5 heteroatoms. The molecule has 1 aromatic carbocycles. The third kappa shape index (κ3) is 2.65. The van der Waals surface area contributed by atoms with Crippen LogP contribution in [0.25, 0.3) is 0 Å². The minimum atomic E-state index is 0.147. The largest absolute Gasteiger partial charge is 0.339 e. The second-order valence-electron chi connectivity index (χ2n) is 3.72. The highest BCUT2D eigenvalue weighted by Gasteiger charge is 2.09. The molecule has 0 aliphatic heterocycles. The molecule has 92 valence electrons. The molecule has 0 fully saturated rings. The highest BCUT2D eigenvalue weighted by Crippen LogP contribution is 2.22. The summed E-state index contributed by atoms with van der Waals surface area (Å²) in [6, 6.07) is 7.90. The van der Waals surface area contributed by atoms with E-state index in [0.29, 0.717) is 12.1 Å². The number of benzene rings is 1. The summed E-state index contributed by atoms with van der Waals surface area (Å²) in [6.07, 6.45) is 2.91. The van der Waals surface area contributed by atoms with Gasteiger partial charge in [-0.25, -0.2) is 9.97 Å². The van der Waals surface area contributed by atoms with Crippen LogP contribution < -0.4 is 5.32 Å². The van der Waals surface area contributed by atoms with Crippen LogP contribution in [0.15, 0.2) is 30.6 Å². The number of halogens is 1. The molecule has 0 amide bonds. The van der Waals surface area contributed by atoms with Crippen molar-refractivity contribution in [3.05, 3.63) is 46.9 Å². The van der Waals surface area contributed by atoms with Crippen molar-refractivity contribution in [1.29, 1.82) is 0 Å². The molecule has 0 saturated heterocycles. The molecule has 18 heavy (non-hydrogen) atoms. The Bertz CT molecular complexity index is 572. The minimum absolute atomic E-state index is 0.147. The van der Waals surface area contributed by atoms with Crippen molar-refractivity contribution in [2.24, 2.45) is 0 Å². The second kappa shape index (κ2) is 5.60. The molecule has 0 bridgehead atoms. The lowest BCUT2D eigenvalue weighted by atomic mass is 10.1. The fourth-order valence-electron chi connectivity index (χ4n) is 1.58. The van der Waals surface area contributed by atoms with Crippen molar-refractivity contribution in [3.63, 3.8) is 0 Å². The zero-order valence-corrected chi connectivity index (χ0v) is 10.6. The first-order valence-electron chi connectivity index (χ1n) is 5.56. The summed E-state index contributed by atoms with van der Waals surface area (Å²) in [5.41, 5.74) is 2.33. The molecule has 1 aromatic heterocycles. The van der Waals surface area contributed by atoms with E-state index >= 15 is 0 Å². The first kappa shape index (κ1) is 12.5. The number of anilines is 2. The number of hydrogen-bond acceptors (Lipinski definition) is 4. The summed E-state index contributed by atoms with van der Waals surface area (Å²) in [5, 5.41) is 3.22. The van der Waals surface area contributed by atoms with E-state index in [9.17, 15) is 4.79 Å². The predicted octanol–water partition coefficient (Wildman–Crippen LogP) is 3.25. The van der Waals surface area contributed by atoms with Crippen molar-refractivity contribution in [1.82, 2.24) is 9.97 Å². The number of rotatable bonds is 4. The van der Waals surface area contributed by atoms with Gasteiger partial charge < -0.3 is 5.32 Å². The number of aromatic nitrogens is 2. The molecular weight excluding hydrogens is 250 g/mol. The molecule has 1 N–H and O–H groups in total. The molecule has 0 aliphatic rings. The molecule has 2 rings (SSSR count). The third-order valence-electron chi connectivity index (χ3n) is 2.55. The Morgan fingerprint density at radius 2 is 2.22 bits per heavy atom. The zero-order valence-electron chi connectivity index (χ0n) is 9.85. The van der Waals surface area contributed by atoms with Crippen LogP contribution in [0.2, 0.25) is 5.15 Å². The maximum Gasteiger partial charge on any atom is 0.156 e. The number of aldehydes is 1. The number of carbonyl (C=O) groups is 1. The fourth-order valence-corrected chi connectivity index (χ4v) is 1.76. The molecule has 4 nitrogen and oxygen atoms in total. The van der Waals surface area contributed by atoms with E-state index in [1.165, 1.54) is 11.9 Å². The molecule has 0 atom stereocenters. The Labute approximate surface area is 110 Å². The third-order valence-corrected chi connectivity index (χ3v) is 2.85. The first-order chi connectivity index (χ1) is 8.74. The van der Waals surface area contributed by atoms with E-state index in [0.717, 1.165) is 12.1 Å². The van der Waals surface area contributed by atoms with Gasteiger partial charge in [-0.05, 0) is 24.1 Å². The molecule has 0 aliphatic carbocycles. The standard InChI is InChI=1S/C13H12ClN3O/c1-2-9-4-3-5-10(6-9)17-13-11(7-18)12(14)15-8-16-13/h3-8H,2H2,1H3,(H,15,16,17). The van der Waals surface area contributed by atoms with Gasteiger partial charge in [0.05, 0.1) is 5.56 Å². The number of carbonyl (C=O) groups excluding carboxylic acids is 1. The molecule has 0 radical (unpaired) electrons. The maximum absolute atomic E-state index is 11.0. The van der Waals surface area contributed by atoms with Crippen molar-refractivity contribution in [2.45, 2.75) is 13.3 Å². The smallest absolute Gasteiger partial charge is 0.156 e. The van der Waals surface area contributed by atoms with E-state index in [2.05, 4.69) is 22.2 Å². The van der Waals surface area contributed by atoms with Gasteiger partial charge in [-0.15, -0.1) is 0 Å². The van der Waals surface area contributed by atoms with Crippen LogP contribution >= 0.6 is 11.6 Å². The van der Waals surface area contributed by atoms with Crippen LogP contribution in [-0.2, 0) is 6.42 Å². The zero-order chi connectivity index (χ0) is 13.0. The normalized spacial score (nSPS) is 10.1. The summed E-state index contributed by atoms with van der Waals surface area (Å²) in [4.78, 5) is 18.7. The lowest BCUT2D eigenvalue weighted by molar-refractivity contribution is 0.112. The summed E-state index contributed by atoms with van der Waals surface area (Å²) >= 11 is 5.83. The Kier molecular flexibility index (Phi) is 3.89. The Balaban J connectivity index is 2.33. The fraction of sp³-hybridized carbons (Fsp3) is 0.154. The quantitative estimate of drug-likeness (QED) is 0.678. The molecule has 2 aromatic rings. The first-order valence-corrected chi connectivity index (χ1v) is 5.94. The Hall–Kier alpha value is -1.94. The lowest BCUT2D eigenvalue weighted by Gasteiger charge is -2.09. The monoisotopic (exact) mass is 261 g/mol. The number of hydrogen-bond donors (Lipinski definition) is 1. The maximum atomic E-state index is 11.0. The predicted molar refractivity (Wildman–Crippen MR) is 71.5 cm³/mol. The van der Waals surface area contributed by atoms with Crippen molar-refractivity contribution < 1.29 is 4.79 Å². The van der Waals surface area contributed by atoms with Gasteiger partial charge >= 0.3 is 0 Å². The molecular formula is C13H12ClN3O. The summed E-state index contributed by atoms with van der Waals surface area (Å²) in [5.74, 6) is 0.415. The lowest BCUT2D eigenvalue weighted by Crippen LogP contribution is -2.00. The summed E-state index contributed by atoms with van der Waals surface area (Å²) in [6.45, 7) is 2.08. The Morgan fingerprint density at radius 1 is 1.39 bits per heavy atom.